The molecular formula is C21H25ClN2O4. The number of halogens is 1. The molecule has 4 aliphatic carbocycles. The van der Waals surface area contributed by atoms with Crippen molar-refractivity contribution in [2.24, 2.45) is 17.3 Å². The van der Waals surface area contributed by atoms with E-state index in [1.807, 2.05) is 30.3 Å². The van der Waals surface area contributed by atoms with Gasteiger partial charge < -0.3 is 10.1 Å². The van der Waals surface area contributed by atoms with E-state index in [-0.39, 0.29) is 10.8 Å². The largest absolute Gasteiger partial charge is 0.455 e. The maximum Gasteiger partial charge on any atom is 0.321 e. The normalized spacial score (nSPS) is 32.6. The highest BCUT2D eigenvalue weighted by molar-refractivity contribution is 6.24. The smallest absolute Gasteiger partial charge is 0.321 e. The molecule has 0 spiro atoms. The summed E-state index contributed by atoms with van der Waals surface area (Å²) in [5, 5.41) is 4.80. The fourth-order valence-corrected chi connectivity index (χ4v) is 6.35. The minimum Gasteiger partial charge on any atom is -0.455 e. The van der Waals surface area contributed by atoms with Gasteiger partial charge in [-0.1, -0.05) is 30.3 Å². The third-order valence-electron chi connectivity index (χ3n) is 6.31. The molecule has 7 heteroatoms. The fourth-order valence-electron chi connectivity index (χ4n) is 5.66. The van der Waals surface area contributed by atoms with Crippen molar-refractivity contribution in [2.45, 2.75) is 49.9 Å². The Bertz CT molecular complexity index is 768. The van der Waals surface area contributed by atoms with Crippen molar-refractivity contribution >= 4 is 29.5 Å². The number of ether oxygens (including phenoxy) is 1. The van der Waals surface area contributed by atoms with E-state index in [0.717, 1.165) is 37.7 Å². The molecule has 0 radical (unpaired) electrons. The number of benzene rings is 1. The Hall–Kier alpha value is -2.08. The molecule has 3 amide bonds. The molecule has 1 aromatic carbocycles. The molecule has 0 unspecified atom stereocenters. The number of rotatable bonds is 5. The molecule has 0 aromatic heterocycles. The van der Waals surface area contributed by atoms with Gasteiger partial charge in [-0.3, -0.25) is 14.9 Å². The minimum atomic E-state index is -0.635. The second kappa shape index (κ2) is 7.39. The topological polar surface area (TPSA) is 84.5 Å². The van der Waals surface area contributed by atoms with Gasteiger partial charge in [0.2, 0.25) is 0 Å². The van der Waals surface area contributed by atoms with E-state index in [1.54, 1.807) is 0 Å². The Balaban J connectivity index is 1.24. The number of carbonyl (C=O) groups is 3. The van der Waals surface area contributed by atoms with Crippen molar-refractivity contribution in [3.63, 3.8) is 0 Å². The van der Waals surface area contributed by atoms with Gasteiger partial charge in [-0.25, -0.2) is 4.79 Å². The summed E-state index contributed by atoms with van der Waals surface area (Å²) < 4.78 is 5.31. The van der Waals surface area contributed by atoms with Crippen LogP contribution in [0.1, 0.15) is 44.1 Å². The summed E-state index contributed by atoms with van der Waals surface area (Å²) in [6, 6.07) is 8.76. The van der Waals surface area contributed by atoms with E-state index in [0.29, 0.717) is 24.8 Å². The van der Waals surface area contributed by atoms with Gasteiger partial charge in [0.1, 0.15) is 0 Å². The number of hydrogen-bond donors (Lipinski definition) is 2. The summed E-state index contributed by atoms with van der Waals surface area (Å²) in [6.45, 7) is -0.145. The zero-order chi connectivity index (χ0) is 19.8. The summed E-state index contributed by atoms with van der Waals surface area (Å²) in [4.78, 5) is 36.3. The van der Waals surface area contributed by atoms with Crippen LogP contribution >= 0.6 is 11.6 Å². The standard InChI is InChI=1S/C21H25ClN2O4/c22-21-9-15-6-16(10-21)8-20(7-15,13-21)18(26)28-12-17(25)24-19(27)23-11-14-4-2-1-3-5-14/h1-5,15-16H,6-13H2,(H2,23,24,25,27)/t15-,16-,20?,21?/m1/s1. The molecule has 4 aliphatic rings. The predicted octanol–water partition coefficient (Wildman–Crippen LogP) is 3.13. The van der Waals surface area contributed by atoms with Crippen LogP contribution in [0.3, 0.4) is 0 Å². The Labute approximate surface area is 169 Å². The number of nitrogens with one attached hydrogen (secondary N) is 2. The Morgan fingerprint density at radius 2 is 1.75 bits per heavy atom. The number of alkyl halides is 1. The summed E-state index contributed by atoms with van der Waals surface area (Å²) >= 11 is 6.74. The number of esters is 1. The molecule has 0 aliphatic heterocycles. The van der Waals surface area contributed by atoms with Crippen molar-refractivity contribution in [1.82, 2.24) is 10.6 Å². The lowest BCUT2D eigenvalue weighted by Crippen LogP contribution is -2.56. The van der Waals surface area contributed by atoms with Gasteiger partial charge in [-0.05, 0) is 55.9 Å². The molecule has 1 aromatic rings. The van der Waals surface area contributed by atoms with Gasteiger partial charge in [0, 0.05) is 11.4 Å². The summed E-state index contributed by atoms with van der Waals surface area (Å²) in [5.74, 6) is -0.0246. The molecule has 2 N–H and O–H groups in total. The lowest BCUT2D eigenvalue weighted by molar-refractivity contribution is -0.171. The van der Waals surface area contributed by atoms with E-state index in [4.69, 9.17) is 16.3 Å². The number of imide groups is 1. The van der Waals surface area contributed by atoms with Crippen molar-refractivity contribution in [3.8, 4) is 0 Å². The van der Waals surface area contributed by atoms with Crippen LogP contribution in [0.5, 0.6) is 0 Å². The number of carbonyl (C=O) groups excluding carboxylic acids is 3. The Kier molecular flexibility index (Phi) is 5.08. The zero-order valence-corrected chi connectivity index (χ0v) is 16.5. The van der Waals surface area contributed by atoms with Crippen LogP contribution in [-0.2, 0) is 20.9 Å². The second-order valence-corrected chi connectivity index (χ2v) is 9.49. The first-order valence-electron chi connectivity index (χ1n) is 9.84. The molecule has 28 heavy (non-hydrogen) atoms. The lowest BCUT2D eigenvalue weighted by Gasteiger charge is -2.58. The number of amides is 3. The molecule has 0 saturated heterocycles. The Morgan fingerprint density at radius 3 is 2.39 bits per heavy atom. The van der Waals surface area contributed by atoms with Crippen LogP contribution in [0, 0.1) is 17.3 Å². The first-order valence-corrected chi connectivity index (χ1v) is 10.2. The van der Waals surface area contributed by atoms with Crippen LogP contribution in [0.15, 0.2) is 30.3 Å². The highest BCUT2D eigenvalue weighted by atomic mass is 35.5. The van der Waals surface area contributed by atoms with Gasteiger partial charge in [-0.15, -0.1) is 11.6 Å². The summed E-state index contributed by atoms with van der Waals surface area (Å²) in [7, 11) is 0. The third-order valence-corrected chi connectivity index (χ3v) is 6.75. The maximum absolute atomic E-state index is 12.8. The molecule has 4 bridgehead atoms. The fraction of sp³-hybridized carbons (Fsp3) is 0.571. The third kappa shape index (κ3) is 4.02. The van der Waals surface area contributed by atoms with Crippen LogP contribution in [-0.4, -0.2) is 29.4 Å². The van der Waals surface area contributed by atoms with Crippen LogP contribution in [0.2, 0.25) is 0 Å². The predicted molar refractivity (Wildman–Crippen MR) is 103 cm³/mol. The van der Waals surface area contributed by atoms with Gasteiger partial charge in [0.25, 0.3) is 5.91 Å². The van der Waals surface area contributed by atoms with Crippen LogP contribution in [0.4, 0.5) is 4.79 Å². The van der Waals surface area contributed by atoms with E-state index in [2.05, 4.69) is 10.6 Å². The van der Waals surface area contributed by atoms with Gasteiger partial charge in [-0.2, -0.15) is 0 Å². The van der Waals surface area contributed by atoms with Crippen molar-refractivity contribution in [3.05, 3.63) is 35.9 Å². The lowest BCUT2D eigenvalue weighted by atomic mass is 9.49. The van der Waals surface area contributed by atoms with Crippen LogP contribution in [0.25, 0.3) is 0 Å². The SMILES string of the molecule is O=C(COC(=O)C12C[C@H]3C[C@@H](CC(Cl)(C3)C1)C2)NC(=O)NCc1ccccc1. The first kappa shape index (κ1) is 19.2. The van der Waals surface area contributed by atoms with E-state index >= 15 is 0 Å². The molecule has 4 saturated carbocycles. The second-order valence-electron chi connectivity index (χ2n) is 8.68. The van der Waals surface area contributed by atoms with Gasteiger partial charge in [0.15, 0.2) is 6.61 Å². The van der Waals surface area contributed by atoms with Crippen LogP contribution < -0.4 is 10.6 Å². The quantitative estimate of drug-likeness (QED) is 0.583. The zero-order valence-electron chi connectivity index (χ0n) is 15.7. The molecule has 6 nitrogen and oxygen atoms in total. The number of urea groups is 1. The van der Waals surface area contributed by atoms with E-state index in [9.17, 15) is 14.4 Å². The summed E-state index contributed by atoms with van der Waals surface area (Å²) in [6.07, 6.45) is 5.33. The molecule has 0 heterocycles. The van der Waals surface area contributed by atoms with Crippen molar-refractivity contribution in [2.75, 3.05) is 6.61 Å². The minimum absolute atomic E-state index is 0.289. The molecule has 2 atom stereocenters. The van der Waals surface area contributed by atoms with E-state index in [1.165, 1.54) is 0 Å². The van der Waals surface area contributed by atoms with Gasteiger partial charge in [0.05, 0.1) is 5.41 Å². The molecule has 5 rings (SSSR count). The number of hydrogen-bond acceptors (Lipinski definition) is 4. The molecule has 4 fully saturated rings. The highest BCUT2D eigenvalue weighted by Crippen LogP contribution is 2.64. The molecular weight excluding hydrogens is 380 g/mol. The Morgan fingerprint density at radius 1 is 1.07 bits per heavy atom. The van der Waals surface area contributed by atoms with Crippen molar-refractivity contribution < 1.29 is 19.1 Å². The average molecular weight is 405 g/mol. The van der Waals surface area contributed by atoms with Gasteiger partial charge >= 0.3 is 12.0 Å². The highest BCUT2D eigenvalue weighted by Gasteiger charge is 2.60. The van der Waals surface area contributed by atoms with E-state index < -0.39 is 24.0 Å². The van der Waals surface area contributed by atoms with Crippen molar-refractivity contribution in [1.29, 1.82) is 0 Å². The molecule has 150 valence electrons. The first-order chi connectivity index (χ1) is 13.4. The average Bonchev–Trinajstić information content (AvgIpc) is 2.63. The maximum atomic E-state index is 12.8. The monoisotopic (exact) mass is 404 g/mol. The summed E-state index contributed by atoms with van der Waals surface area (Å²) in [5.41, 5.74) is 0.371.